The van der Waals surface area contributed by atoms with Gasteiger partial charge in [0, 0.05) is 11.1 Å². The second-order valence-electron chi connectivity index (χ2n) is 4.83. The van der Waals surface area contributed by atoms with Crippen molar-refractivity contribution in [2.45, 2.75) is 32.6 Å². The van der Waals surface area contributed by atoms with Gasteiger partial charge in [-0.1, -0.05) is 0 Å². The number of hydrogen-bond donors (Lipinski definition) is 0. The van der Waals surface area contributed by atoms with Gasteiger partial charge in [0.15, 0.2) is 11.6 Å². The zero-order valence-corrected chi connectivity index (χ0v) is 12.2. The first kappa shape index (κ1) is 15.5. The molecule has 0 bridgehead atoms. The zero-order valence-electron chi connectivity index (χ0n) is 12.2. The summed E-state index contributed by atoms with van der Waals surface area (Å²) in [6.45, 7) is 2.02. The molecule has 0 aromatic heterocycles. The van der Waals surface area contributed by atoms with Gasteiger partial charge in [0.25, 0.3) is 0 Å². The van der Waals surface area contributed by atoms with E-state index in [1.54, 1.807) is 6.92 Å². The molecular formula is C16H18F2O3. The van der Waals surface area contributed by atoms with Crippen LogP contribution in [0.1, 0.15) is 38.2 Å². The number of hydrogen-bond acceptors (Lipinski definition) is 3. The van der Waals surface area contributed by atoms with Crippen LogP contribution in [0.3, 0.4) is 0 Å². The van der Waals surface area contributed by atoms with Gasteiger partial charge in [-0.25, -0.2) is 9.18 Å². The molecule has 0 aliphatic heterocycles. The van der Waals surface area contributed by atoms with Crippen molar-refractivity contribution < 1.29 is 23.0 Å². The molecule has 1 aromatic carbocycles. The molecule has 0 heterocycles. The Morgan fingerprint density at radius 1 is 1.24 bits per heavy atom. The zero-order chi connectivity index (χ0) is 15.4. The SMILES string of the molecule is CCOC(=O)C1=C(c2ccc(F)c(F)c2OC)CCCC1. The lowest BCUT2D eigenvalue weighted by atomic mass is 9.87. The minimum atomic E-state index is -1.03. The van der Waals surface area contributed by atoms with Crippen LogP contribution in [0.25, 0.3) is 5.57 Å². The third-order valence-corrected chi connectivity index (χ3v) is 3.57. The van der Waals surface area contributed by atoms with E-state index in [9.17, 15) is 13.6 Å². The number of rotatable bonds is 4. The maximum absolute atomic E-state index is 13.9. The fourth-order valence-electron chi connectivity index (χ4n) is 2.62. The van der Waals surface area contributed by atoms with E-state index in [1.165, 1.54) is 13.2 Å². The minimum absolute atomic E-state index is 0.159. The van der Waals surface area contributed by atoms with Crippen LogP contribution in [0.4, 0.5) is 8.78 Å². The van der Waals surface area contributed by atoms with Crippen LogP contribution in [-0.2, 0) is 9.53 Å². The van der Waals surface area contributed by atoms with E-state index in [4.69, 9.17) is 9.47 Å². The Hall–Kier alpha value is -1.91. The highest BCUT2D eigenvalue weighted by molar-refractivity contribution is 5.98. The van der Waals surface area contributed by atoms with E-state index in [0.29, 0.717) is 29.6 Å². The number of ether oxygens (including phenoxy) is 2. The second kappa shape index (κ2) is 6.70. The molecule has 0 amide bonds. The maximum Gasteiger partial charge on any atom is 0.334 e. The van der Waals surface area contributed by atoms with Crippen LogP contribution in [0, 0.1) is 11.6 Å². The lowest BCUT2D eigenvalue weighted by Crippen LogP contribution is -2.13. The van der Waals surface area contributed by atoms with Gasteiger partial charge in [-0.15, -0.1) is 0 Å². The van der Waals surface area contributed by atoms with Gasteiger partial charge >= 0.3 is 5.97 Å². The third kappa shape index (κ3) is 3.06. The summed E-state index contributed by atoms with van der Waals surface area (Å²) in [7, 11) is 1.29. The first-order valence-corrected chi connectivity index (χ1v) is 7.01. The first-order valence-electron chi connectivity index (χ1n) is 7.01. The second-order valence-corrected chi connectivity index (χ2v) is 4.83. The summed E-state index contributed by atoms with van der Waals surface area (Å²) in [5, 5.41) is 0. The van der Waals surface area contributed by atoms with Crippen LogP contribution in [-0.4, -0.2) is 19.7 Å². The number of esters is 1. The van der Waals surface area contributed by atoms with Gasteiger partial charge in [0.05, 0.1) is 13.7 Å². The van der Waals surface area contributed by atoms with Crippen LogP contribution in [0.5, 0.6) is 5.75 Å². The van der Waals surface area contributed by atoms with Crippen LogP contribution in [0.2, 0.25) is 0 Å². The Bertz CT molecular complexity index is 579. The highest BCUT2D eigenvalue weighted by atomic mass is 19.2. The normalized spacial score (nSPS) is 15.0. The molecule has 0 spiro atoms. The highest BCUT2D eigenvalue weighted by Crippen LogP contribution is 2.39. The van der Waals surface area contributed by atoms with Crippen molar-refractivity contribution >= 4 is 11.5 Å². The van der Waals surface area contributed by atoms with Crippen LogP contribution >= 0.6 is 0 Å². The average Bonchev–Trinajstić information content (AvgIpc) is 2.50. The number of carbonyl (C=O) groups excluding carboxylic acids is 1. The summed E-state index contributed by atoms with van der Waals surface area (Å²) in [4.78, 5) is 12.0. The molecule has 0 radical (unpaired) electrons. The molecule has 114 valence electrons. The Morgan fingerprint density at radius 2 is 1.95 bits per heavy atom. The van der Waals surface area contributed by atoms with Gasteiger partial charge in [-0.05, 0) is 50.3 Å². The molecule has 5 heteroatoms. The van der Waals surface area contributed by atoms with Crippen molar-refractivity contribution in [1.29, 1.82) is 0 Å². The minimum Gasteiger partial charge on any atom is -0.493 e. The van der Waals surface area contributed by atoms with Gasteiger partial charge in [-0.3, -0.25) is 0 Å². The largest absolute Gasteiger partial charge is 0.493 e. The van der Waals surface area contributed by atoms with Gasteiger partial charge in [0.1, 0.15) is 0 Å². The molecule has 1 aliphatic carbocycles. The van der Waals surface area contributed by atoms with E-state index >= 15 is 0 Å². The third-order valence-electron chi connectivity index (χ3n) is 3.57. The molecule has 0 saturated heterocycles. The monoisotopic (exact) mass is 296 g/mol. The van der Waals surface area contributed by atoms with E-state index in [1.807, 2.05) is 0 Å². The van der Waals surface area contributed by atoms with E-state index in [2.05, 4.69) is 0 Å². The van der Waals surface area contributed by atoms with Crippen molar-refractivity contribution in [3.8, 4) is 5.75 Å². The summed E-state index contributed by atoms with van der Waals surface area (Å²) < 4.78 is 37.2. The molecule has 21 heavy (non-hydrogen) atoms. The first-order chi connectivity index (χ1) is 10.1. The van der Waals surface area contributed by atoms with Crippen molar-refractivity contribution in [2.24, 2.45) is 0 Å². The number of allylic oxidation sites excluding steroid dienone is 1. The van der Waals surface area contributed by atoms with Gasteiger partial charge in [0.2, 0.25) is 5.82 Å². The molecular weight excluding hydrogens is 278 g/mol. The molecule has 0 saturated carbocycles. The summed E-state index contributed by atoms with van der Waals surface area (Å²) in [5.74, 6) is -2.55. The van der Waals surface area contributed by atoms with Crippen molar-refractivity contribution in [3.63, 3.8) is 0 Å². The molecule has 3 nitrogen and oxygen atoms in total. The number of benzene rings is 1. The highest BCUT2D eigenvalue weighted by Gasteiger charge is 2.25. The molecule has 1 aliphatic rings. The Labute approximate surface area is 122 Å². The Balaban J connectivity index is 2.56. The Kier molecular flexibility index (Phi) is 4.94. The summed E-state index contributed by atoms with van der Waals surface area (Å²) >= 11 is 0. The van der Waals surface area contributed by atoms with Crippen molar-refractivity contribution in [1.82, 2.24) is 0 Å². The fraction of sp³-hybridized carbons (Fsp3) is 0.438. The topological polar surface area (TPSA) is 35.5 Å². The van der Waals surface area contributed by atoms with E-state index in [-0.39, 0.29) is 18.3 Å². The van der Waals surface area contributed by atoms with E-state index in [0.717, 1.165) is 18.9 Å². The van der Waals surface area contributed by atoms with Gasteiger partial charge in [-0.2, -0.15) is 4.39 Å². The molecule has 0 N–H and O–H groups in total. The summed E-state index contributed by atoms with van der Waals surface area (Å²) in [6.07, 6.45) is 2.97. The number of halogens is 2. The van der Waals surface area contributed by atoms with Crippen LogP contribution in [0.15, 0.2) is 17.7 Å². The summed E-state index contributed by atoms with van der Waals surface area (Å²) in [5.41, 5.74) is 1.65. The number of carbonyl (C=O) groups is 1. The molecule has 0 atom stereocenters. The quantitative estimate of drug-likeness (QED) is 0.791. The molecule has 1 aromatic rings. The van der Waals surface area contributed by atoms with Crippen molar-refractivity contribution in [3.05, 3.63) is 34.9 Å². The fourth-order valence-corrected chi connectivity index (χ4v) is 2.62. The lowest BCUT2D eigenvalue weighted by Gasteiger charge is -2.21. The molecule has 0 unspecified atom stereocenters. The van der Waals surface area contributed by atoms with Gasteiger partial charge < -0.3 is 9.47 Å². The Morgan fingerprint density at radius 3 is 2.62 bits per heavy atom. The van der Waals surface area contributed by atoms with E-state index < -0.39 is 11.6 Å². The predicted molar refractivity (Wildman–Crippen MR) is 74.9 cm³/mol. The maximum atomic E-state index is 13.9. The summed E-state index contributed by atoms with van der Waals surface area (Å²) in [6, 6.07) is 2.51. The molecule has 0 fully saturated rings. The standard InChI is InChI=1S/C16H18F2O3/c1-3-21-16(19)12-7-5-4-6-10(12)11-8-9-13(17)14(18)15(11)20-2/h8-9H,3-7H2,1-2H3. The predicted octanol–water partition coefficient (Wildman–Crippen LogP) is 3.86. The average molecular weight is 296 g/mol. The van der Waals surface area contributed by atoms with Crippen LogP contribution < -0.4 is 4.74 Å². The molecule has 2 rings (SSSR count). The van der Waals surface area contributed by atoms with Crippen molar-refractivity contribution in [2.75, 3.05) is 13.7 Å². The number of methoxy groups -OCH3 is 1. The lowest BCUT2D eigenvalue weighted by molar-refractivity contribution is -0.138. The smallest absolute Gasteiger partial charge is 0.334 e.